The van der Waals surface area contributed by atoms with Gasteiger partial charge in [-0.2, -0.15) is 0 Å². The number of hydrogen-bond acceptors (Lipinski definition) is 5. The number of quaternary nitrogens is 1. The standard InChI is InChI=1S/C45H87N2O6P/c1-6-8-10-12-14-16-18-20-22-23-24-25-27-29-31-33-35-37-39-45(49)46-43(42-53-54(50,51)52-41-40-47(3,4)5)44(48)38-36-34-32-30-28-26-21-19-17-15-13-11-9-7-2/h17,19,28,30,36,38,43-44,48H,6-16,18,20-27,29,31-35,37,39-42H2,1-5H3,(H-,46,49,50,51)/p+1/b19-17+,30-28+,38-36+. The number of likely N-dealkylation sites (N-methyl/N-ethyl adjacent to an activating group) is 1. The van der Waals surface area contributed by atoms with E-state index < -0.39 is 20.0 Å². The molecular weight excluding hydrogens is 695 g/mol. The van der Waals surface area contributed by atoms with Crippen LogP contribution in [0, 0.1) is 0 Å². The van der Waals surface area contributed by atoms with Crippen LogP contribution in [0.4, 0.5) is 0 Å². The minimum Gasteiger partial charge on any atom is -0.387 e. The Morgan fingerprint density at radius 1 is 0.611 bits per heavy atom. The number of carbonyl (C=O) groups is 1. The van der Waals surface area contributed by atoms with Gasteiger partial charge in [0.2, 0.25) is 5.91 Å². The fraction of sp³-hybridized carbons (Fsp3) is 0.844. The molecule has 1 amide bonds. The number of allylic oxidation sites excluding steroid dienone is 5. The zero-order chi connectivity index (χ0) is 40.0. The number of aliphatic hydroxyl groups is 1. The molecular formula is C45H88N2O6P+. The highest BCUT2D eigenvalue weighted by molar-refractivity contribution is 7.47. The van der Waals surface area contributed by atoms with Crippen molar-refractivity contribution >= 4 is 13.7 Å². The molecule has 3 unspecified atom stereocenters. The van der Waals surface area contributed by atoms with Crippen molar-refractivity contribution < 1.29 is 32.9 Å². The quantitative estimate of drug-likeness (QED) is 0.0247. The number of amides is 1. The number of unbranched alkanes of at least 4 members (excludes halogenated alkanes) is 23. The second-order valence-electron chi connectivity index (χ2n) is 16.4. The molecule has 0 saturated heterocycles. The maximum Gasteiger partial charge on any atom is 0.472 e. The average molecular weight is 784 g/mol. The summed E-state index contributed by atoms with van der Waals surface area (Å²) in [7, 11) is 1.55. The molecule has 0 rings (SSSR count). The molecule has 3 atom stereocenters. The van der Waals surface area contributed by atoms with E-state index in [-0.39, 0.29) is 19.1 Å². The van der Waals surface area contributed by atoms with Gasteiger partial charge in [-0.15, -0.1) is 0 Å². The fourth-order valence-corrected chi connectivity index (χ4v) is 6.98. The molecule has 0 bridgehead atoms. The minimum atomic E-state index is -4.34. The molecule has 0 fully saturated rings. The van der Waals surface area contributed by atoms with Gasteiger partial charge in [0.05, 0.1) is 39.9 Å². The number of nitrogens with zero attached hydrogens (tertiary/aromatic N) is 1. The SMILES string of the molecule is CCCCCC/C=C/CC/C=C/CC/C=C/C(O)C(COP(=O)(O)OCC[N+](C)(C)C)NC(=O)CCCCCCCCCCCCCCCCCCCC. The van der Waals surface area contributed by atoms with Crippen molar-refractivity contribution in [2.24, 2.45) is 0 Å². The number of aliphatic hydroxyl groups excluding tert-OH is 1. The van der Waals surface area contributed by atoms with Gasteiger partial charge in [-0.25, -0.2) is 4.57 Å². The Morgan fingerprint density at radius 2 is 1.02 bits per heavy atom. The van der Waals surface area contributed by atoms with Crippen molar-refractivity contribution in [3.8, 4) is 0 Å². The Hall–Kier alpha value is -1.28. The number of phosphoric ester groups is 1. The molecule has 318 valence electrons. The van der Waals surface area contributed by atoms with Crippen molar-refractivity contribution in [2.45, 2.75) is 206 Å². The third-order valence-electron chi connectivity index (χ3n) is 9.84. The number of carbonyl (C=O) groups excluding carboxylic acids is 1. The number of hydrogen-bond donors (Lipinski definition) is 3. The molecule has 0 heterocycles. The second-order valence-corrected chi connectivity index (χ2v) is 17.9. The number of nitrogens with one attached hydrogen (secondary N) is 1. The number of rotatable bonds is 40. The molecule has 8 nitrogen and oxygen atoms in total. The van der Waals surface area contributed by atoms with Crippen LogP contribution in [0.25, 0.3) is 0 Å². The summed E-state index contributed by atoms with van der Waals surface area (Å²) >= 11 is 0. The van der Waals surface area contributed by atoms with Crippen molar-refractivity contribution in [3.05, 3.63) is 36.5 Å². The largest absolute Gasteiger partial charge is 0.472 e. The van der Waals surface area contributed by atoms with Gasteiger partial charge >= 0.3 is 7.82 Å². The van der Waals surface area contributed by atoms with Gasteiger partial charge in [0, 0.05) is 6.42 Å². The first-order valence-corrected chi connectivity index (χ1v) is 23.9. The zero-order valence-electron chi connectivity index (χ0n) is 36.0. The highest BCUT2D eigenvalue weighted by atomic mass is 31.2. The van der Waals surface area contributed by atoms with E-state index >= 15 is 0 Å². The monoisotopic (exact) mass is 784 g/mol. The van der Waals surface area contributed by atoms with E-state index in [2.05, 4.69) is 43.5 Å². The lowest BCUT2D eigenvalue weighted by Crippen LogP contribution is -2.45. The van der Waals surface area contributed by atoms with Crippen LogP contribution in [0.1, 0.15) is 194 Å². The van der Waals surface area contributed by atoms with Crippen molar-refractivity contribution in [3.63, 3.8) is 0 Å². The average Bonchev–Trinajstić information content (AvgIpc) is 3.12. The van der Waals surface area contributed by atoms with Crippen LogP contribution in [0.5, 0.6) is 0 Å². The third-order valence-corrected chi connectivity index (χ3v) is 10.8. The van der Waals surface area contributed by atoms with E-state index in [1.807, 2.05) is 27.2 Å². The molecule has 0 aliphatic carbocycles. The predicted octanol–water partition coefficient (Wildman–Crippen LogP) is 12.3. The van der Waals surface area contributed by atoms with Crippen LogP contribution in [0.3, 0.4) is 0 Å². The second kappa shape index (κ2) is 37.3. The summed E-state index contributed by atoms with van der Waals surface area (Å²) in [5, 5.41) is 13.8. The molecule has 0 aromatic heterocycles. The molecule has 0 aromatic rings. The molecule has 0 aliphatic heterocycles. The van der Waals surface area contributed by atoms with E-state index in [1.54, 1.807) is 6.08 Å². The van der Waals surface area contributed by atoms with Gasteiger partial charge < -0.3 is 19.8 Å². The number of phosphoric acid groups is 1. The van der Waals surface area contributed by atoms with Crippen LogP contribution >= 0.6 is 7.82 Å². The molecule has 3 N–H and O–H groups in total. The summed E-state index contributed by atoms with van der Waals surface area (Å²) in [5.41, 5.74) is 0. The lowest BCUT2D eigenvalue weighted by atomic mass is 10.0. The minimum absolute atomic E-state index is 0.0545. The summed E-state index contributed by atoms with van der Waals surface area (Å²) < 4.78 is 23.5. The summed E-state index contributed by atoms with van der Waals surface area (Å²) in [6.45, 7) is 4.76. The molecule has 0 spiro atoms. The molecule has 9 heteroatoms. The topological polar surface area (TPSA) is 105 Å². The maximum absolute atomic E-state index is 12.9. The van der Waals surface area contributed by atoms with Crippen LogP contribution in [0.15, 0.2) is 36.5 Å². The van der Waals surface area contributed by atoms with Gasteiger partial charge in [-0.05, 0) is 44.9 Å². The first kappa shape index (κ1) is 52.7. The van der Waals surface area contributed by atoms with E-state index in [0.29, 0.717) is 17.4 Å². The Labute approximate surface area is 334 Å². The van der Waals surface area contributed by atoms with Gasteiger partial charge in [0.25, 0.3) is 0 Å². The van der Waals surface area contributed by atoms with Gasteiger partial charge in [-0.1, -0.05) is 179 Å². The smallest absolute Gasteiger partial charge is 0.387 e. The molecule has 0 aromatic carbocycles. The lowest BCUT2D eigenvalue weighted by Gasteiger charge is -2.25. The highest BCUT2D eigenvalue weighted by Gasteiger charge is 2.27. The van der Waals surface area contributed by atoms with E-state index in [0.717, 1.165) is 44.9 Å². The molecule has 0 aliphatic rings. The Balaban J connectivity index is 4.44. The summed E-state index contributed by atoms with van der Waals surface area (Å²) in [5.74, 6) is -0.191. The van der Waals surface area contributed by atoms with Crippen molar-refractivity contribution in [1.82, 2.24) is 5.32 Å². The van der Waals surface area contributed by atoms with Crippen LogP contribution in [-0.2, 0) is 18.4 Å². The summed E-state index contributed by atoms with van der Waals surface area (Å²) in [6.07, 6.45) is 45.0. The van der Waals surface area contributed by atoms with E-state index in [1.165, 1.54) is 128 Å². The van der Waals surface area contributed by atoms with Gasteiger partial charge in [0.1, 0.15) is 13.2 Å². The summed E-state index contributed by atoms with van der Waals surface area (Å²) in [6, 6.07) is -0.865. The third kappa shape index (κ3) is 39.0. The lowest BCUT2D eigenvalue weighted by molar-refractivity contribution is -0.870. The Kier molecular flexibility index (Phi) is 36.4. The molecule has 0 saturated carbocycles. The van der Waals surface area contributed by atoms with Gasteiger partial charge in [0.15, 0.2) is 0 Å². The Morgan fingerprint density at radius 3 is 1.48 bits per heavy atom. The maximum atomic E-state index is 12.9. The van der Waals surface area contributed by atoms with Crippen molar-refractivity contribution in [2.75, 3.05) is 40.9 Å². The van der Waals surface area contributed by atoms with E-state index in [4.69, 9.17) is 9.05 Å². The zero-order valence-corrected chi connectivity index (χ0v) is 36.9. The first-order chi connectivity index (χ1) is 26.0. The first-order valence-electron chi connectivity index (χ1n) is 22.4. The predicted molar refractivity (Wildman–Crippen MR) is 231 cm³/mol. The van der Waals surface area contributed by atoms with Crippen LogP contribution in [0.2, 0.25) is 0 Å². The fourth-order valence-electron chi connectivity index (χ4n) is 6.25. The highest BCUT2D eigenvalue weighted by Crippen LogP contribution is 2.43. The van der Waals surface area contributed by atoms with Crippen LogP contribution < -0.4 is 5.32 Å². The van der Waals surface area contributed by atoms with Crippen LogP contribution in [-0.4, -0.2) is 73.4 Å². The molecule has 54 heavy (non-hydrogen) atoms. The normalized spacial score (nSPS) is 14.7. The van der Waals surface area contributed by atoms with Gasteiger partial charge in [-0.3, -0.25) is 13.8 Å². The van der Waals surface area contributed by atoms with Crippen molar-refractivity contribution in [1.29, 1.82) is 0 Å². The Bertz CT molecular complexity index is 980. The van der Waals surface area contributed by atoms with E-state index in [9.17, 15) is 19.4 Å². The summed E-state index contributed by atoms with van der Waals surface area (Å²) in [4.78, 5) is 23.1. The molecule has 0 radical (unpaired) electrons.